The first-order chi connectivity index (χ1) is 8.54. The summed E-state index contributed by atoms with van der Waals surface area (Å²) in [5.74, 6) is 0.00790. The Hall–Kier alpha value is -1.55. The number of anilines is 1. The third kappa shape index (κ3) is 4.37. The second-order valence-corrected chi connectivity index (χ2v) is 4.45. The number of ether oxygens (including phenoxy) is 1. The predicted molar refractivity (Wildman–Crippen MR) is 73.7 cm³/mol. The Labute approximate surface area is 109 Å². The van der Waals surface area contributed by atoms with E-state index in [9.17, 15) is 4.79 Å². The zero-order valence-corrected chi connectivity index (χ0v) is 11.6. The molecule has 0 saturated heterocycles. The summed E-state index contributed by atoms with van der Waals surface area (Å²) >= 11 is 0. The van der Waals surface area contributed by atoms with Crippen molar-refractivity contribution < 1.29 is 9.53 Å². The van der Waals surface area contributed by atoms with Gasteiger partial charge < -0.3 is 14.5 Å². The van der Waals surface area contributed by atoms with Crippen molar-refractivity contribution in [2.45, 2.75) is 13.5 Å². The molecule has 0 radical (unpaired) electrons. The van der Waals surface area contributed by atoms with E-state index in [4.69, 9.17) is 4.74 Å². The van der Waals surface area contributed by atoms with E-state index in [1.54, 1.807) is 11.9 Å². The van der Waals surface area contributed by atoms with E-state index >= 15 is 0 Å². The smallest absolute Gasteiger partial charge is 0.248 e. The van der Waals surface area contributed by atoms with Gasteiger partial charge in [0.1, 0.15) is 6.61 Å². The average molecular weight is 250 g/mol. The largest absolute Gasteiger partial charge is 0.378 e. The van der Waals surface area contributed by atoms with Crippen LogP contribution in [0.3, 0.4) is 0 Å². The molecule has 0 spiro atoms. The molecule has 18 heavy (non-hydrogen) atoms. The number of rotatable bonds is 6. The quantitative estimate of drug-likeness (QED) is 0.771. The molecule has 0 fully saturated rings. The predicted octanol–water partition coefficient (Wildman–Crippen LogP) is 1.75. The summed E-state index contributed by atoms with van der Waals surface area (Å²) in [6, 6.07) is 8.19. The van der Waals surface area contributed by atoms with Crippen LogP contribution in [-0.4, -0.2) is 45.2 Å². The molecule has 0 heterocycles. The van der Waals surface area contributed by atoms with Crippen LogP contribution < -0.4 is 4.90 Å². The van der Waals surface area contributed by atoms with E-state index in [1.165, 1.54) is 0 Å². The van der Waals surface area contributed by atoms with Crippen molar-refractivity contribution in [3.05, 3.63) is 29.8 Å². The molecule has 0 unspecified atom stereocenters. The zero-order chi connectivity index (χ0) is 13.5. The third-order valence-electron chi connectivity index (χ3n) is 2.73. The van der Waals surface area contributed by atoms with Crippen molar-refractivity contribution in [1.82, 2.24) is 4.90 Å². The van der Waals surface area contributed by atoms with Crippen molar-refractivity contribution >= 4 is 11.6 Å². The van der Waals surface area contributed by atoms with Gasteiger partial charge in [0.15, 0.2) is 0 Å². The molecule has 0 aliphatic rings. The standard InChI is InChI=1S/C14H22N2O2/c1-5-18-11-14(17)16(4)10-12-6-8-13(9-7-12)15(2)3/h6-9H,5,10-11H2,1-4H3. The normalized spacial score (nSPS) is 10.2. The number of amides is 1. The lowest BCUT2D eigenvalue weighted by Gasteiger charge is -2.18. The highest BCUT2D eigenvalue weighted by atomic mass is 16.5. The van der Waals surface area contributed by atoms with Gasteiger partial charge in [0.2, 0.25) is 5.91 Å². The molecule has 0 N–H and O–H groups in total. The second-order valence-electron chi connectivity index (χ2n) is 4.45. The summed E-state index contributed by atoms with van der Waals surface area (Å²) in [4.78, 5) is 15.4. The van der Waals surface area contributed by atoms with E-state index in [0.29, 0.717) is 13.2 Å². The van der Waals surface area contributed by atoms with Crippen molar-refractivity contribution in [3.63, 3.8) is 0 Å². The number of hydrogen-bond acceptors (Lipinski definition) is 3. The molecule has 0 aliphatic carbocycles. The monoisotopic (exact) mass is 250 g/mol. The molecule has 0 saturated carbocycles. The summed E-state index contributed by atoms with van der Waals surface area (Å²) in [5.41, 5.74) is 2.27. The van der Waals surface area contributed by atoms with Crippen LogP contribution in [0.1, 0.15) is 12.5 Å². The topological polar surface area (TPSA) is 32.8 Å². The van der Waals surface area contributed by atoms with Crippen LogP contribution >= 0.6 is 0 Å². The molecular weight excluding hydrogens is 228 g/mol. The molecule has 1 aromatic rings. The lowest BCUT2D eigenvalue weighted by molar-refractivity contribution is -0.135. The molecule has 0 bridgehead atoms. The molecule has 0 aromatic heterocycles. The Morgan fingerprint density at radius 3 is 2.28 bits per heavy atom. The first kappa shape index (κ1) is 14.5. The molecule has 0 atom stereocenters. The summed E-state index contributed by atoms with van der Waals surface area (Å²) in [7, 11) is 5.81. The minimum Gasteiger partial charge on any atom is -0.378 e. The molecule has 100 valence electrons. The first-order valence-electron chi connectivity index (χ1n) is 6.12. The van der Waals surface area contributed by atoms with Crippen LogP contribution in [0, 0.1) is 0 Å². The summed E-state index contributed by atoms with van der Waals surface area (Å²) in [6.45, 7) is 3.22. The SMILES string of the molecule is CCOCC(=O)N(C)Cc1ccc(N(C)C)cc1. The van der Waals surface area contributed by atoms with Crippen LogP contribution in [0.2, 0.25) is 0 Å². The number of carbonyl (C=O) groups is 1. The van der Waals surface area contributed by atoms with Gasteiger partial charge >= 0.3 is 0 Å². The van der Waals surface area contributed by atoms with E-state index in [2.05, 4.69) is 12.1 Å². The van der Waals surface area contributed by atoms with Crippen LogP contribution in [0.15, 0.2) is 24.3 Å². The maximum Gasteiger partial charge on any atom is 0.248 e. The number of carbonyl (C=O) groups excluding carboxylic acids is 1. The Morgan fingerprint density at radius 2 is 1.78 bits per heavy atom. The molecule has 4 nitrogen and oxygen atoms in total. The Kier molecular flexibility index (Phi) is 5.65. The highest BCUT2D eigenvalue weighted by Crippen LogP contribution is 2.13. The van der Waals surface area contributed by atoms with Gasteiger partial charge in [-0.1, -0.05) is 12.1 Å². The molecule has 1 aromatic carbocycles. The van der Waals surface area contributed by atoms with E-state index < -0.39 is 0 Å². The van der Waals surface area contributed by atoms with Crippen LogP contribution in [-0.2, 0) is 16.1 Å². The van der Waals surface area contributed by atoms with Gasteiger partial charge in [0.05, 0.1) is 0 Å². The maximum atomic E-state index is 11.7. The molecule has 0 aliphatic heterocycles. The van der Waals surface area contributed by atoms with Crippen molar-refractivity contribution in [2.75, 3.05) is 39.3 Å². The summed E-state index contributed by atoms with van der Waals surface area (Å²) < 4.78 is 5.11. The van der Waals surface area contributed by atoms with Gasteiger partial charge in [-0.15, -0.1) is 0 Å². The second kappa shape index (κ2) is 7.01. The first-order valence-corrected chi connectivity index (χ1v) is 6.12. The van der Waals surface area contributed by atoms with Crippen molar-refractivity contribution in [1.29, 1.82) is 0 Å². The fraction of sp³-hybridized carbons (Fsp3) is 0.500. The van der Waals surface area contributed by atoms with Crippen LogP contribution in [0.25, 0.3) is 0 Å². The van der Waals surface area contributed by atoms with Gasteiger partial charge in [-0.2, -0.15) is 0 Å². The number of nitrogens with zero attached hydrogens (tertiary/aromatic N) is 2. The highest BCUT2D eigenvalue weighted by molar-refractivity contribution is 5.77. The zero-order valence-electron chi connectivity index (χ0n) is 11.6. The Bertz CT molecular complexity index is 374. The minimum atomic E-state index is 0.00790. The Morgan fingerprint density at radius 1 is 1.17 bits per heavy atom. The van der Waals surface area contributed by atoms with E-state index in [1.807, 2.05) is 38.1 Å². The van der Waals surface area contributed by atoms with Crippen molar-refractivity contribution in [2.24, 2.45) is 0 Å². The highest BCUT2D eigenvalue weighted by Gasteiger charge is 2.08. The van der Waals surface area contributed by atoms with Gasteiger partial charge in [0, 0.05) is 40.0 Å². The third-order valence-corrected chi connectivity index (χ3v) is 2.73. The number of benzene rings is 1. The van der Waals surface area contributed by atoms with E-state index in [-0.39, 0.29) is 12.5 Å². The summed E-state index contributed by atoms with van der Waals surface area (Å²) in [6.07, 6.45) is 0. The Balaban J connectivity index is 2.53. The number of likely N-dealkylation sites (N-methyl/N-ethyl adjacent to an activating group) is 1. The summed E-state index contributed by atoms with van der Waals surface area (Å²) in [5, 5.41) is 0. The fourth-order valence-electron chi connectivity index (χ4n) is 1.56. The molecule has 1 amide bonds. The van der Waals surface area contributed by atoms with Crippen LogP contribution in [0.4, 0.5) is 5.69 Å². The lowest BCUT2D eigenvalue weighted by Crippen LogP contribution is -2.29. The van der Waals surface area contributed by atoms with Gasteiger partial charge in [-0.25, -0.2) is 0 Å². The minimum absolute atomic E-state index is 0.00790. The number of hydrogen-bond donors (Lipinski definition) is 0. The van der Waals surface area contributed by atoms with E-state index in [0.717, 1.165) is 11.3 Å². The maximum absolute atomic E-state index is 11.7. The van der Waals surface area contributed by atoms with Crippen LogP contribution in [0.5, 0.6) is 0 Å². The van der Waals surface area contributed by atoms with Gasteiger partial charge in [0.25, 0.3) is 0 Å². The average Bonchev–Trinajstić information content (AvgIpc) is 2.36. The fourth-order valence-corrected chi connectivity index (χ4v) is 1.56. The van der Waals surface area contributed by atoms with Crippen molar-refractivity contribution in [3.8, 4) is 0 Å². The molecular formula is C14H22N2O2. The van der Waals surface area contributed by atoms with Gasteiger partial charge in [-0.3, -0.25) is 4.79 Å². The van der Waals surface area contributed by atoms with Gasteiger partial charge in [-0.05, 0) is 24.6 Å². The molecule has 1 rings (SSSR count). The molecule has 4 heteroatoms. The lowest BCUT2D eigenvalue weighted by atomic mass is 10.2.